The third-order valence-electron chi connectivity index (χ3n) is 1.96. The van der Waals surface area contributed by atoms with Crippen molar-refractivity contribution >= 4 is 17.7 Å². The summed E-state index contributed by atoms with van der Waals surface area (Å²) in [6.07, 6.45) is 2.39. The maximum atomic E-state index is 10.6. The van der Waals surface area contributed by atoms with Crippen molar-refractivity contribution in [3.63, 3.8) is 0 Å². The van der Waals surface area contributed by atoms with Crippen LogP contribution in [-0.2, 0) is 11.2 Å². The molecule has 82 valence electrons. The van der Waals surface area contributed by atoms with Crippen LogP contribution in [0.15, 0.2) is 17.4 Å². The van der Waals surface area contributed by atoms with E-state index in [9.17, 15) is 4.79 Å². The number of rotatable bonds is 5. The Balaban J connectivity index is 2.53. The van der Waals surface area contributed by atoms with Crippen LogP contribution >= 0.6 is 11.8 Å². The lowest BCUT2D eigenvalue weighted by atomic mass is 10.2. The van der Waals surface area contributed by atoms with Gasteiger partial charge in [0.05, 0.1) is 10.9 Å². The number of carbonyl (C=O) groups is 1. The Hall–Kier alpha value is -1.10. The molecule has 15 heavy (non-hydrogen) atoms. The number of aryl methyl sites for hydroxylation is 1. The minimum Gasteiger partial charge on any atom is -0.481 e. The Labute approximate surface area is 93.1 Å². The second-order valence-electron chi connectivity index (χ2n) is 3.25. The molecule has 1 atom stereocenters. The van der Waals surface area contributed by atoms with Crippen molar-refractivity contribution in [2.45, 2.75) is 25.3 Å². The fraction of sp³-hybridized carbons (Fsp3) is 0.500. The van der Waals surface area contributed by atoms with Crippen LogP contribution in [0.2, 0.25) is 0 Å². The van der Waals surface area contributed by atoms with E-state index in [0.717, 1.165) is 17.1 Å². The van der Waals surface area contributed by atoms with E-state index in [1.165, 1.54) is 18.1 Å². The second kappa shape index (κ2) is 5.70. The lowest BCUT2D eigenvalue weighted by Crippen LogP contribution is -2.11. The molecule has 1 aromatic rings. The van der Waals surface area contributed by atoms with Gasteiger partial charge in [0.2, 0.25) is 0 Å². The molecule has 1 N–H and O–H groups in total. The van der Waals surface area contributed by atoms with E-state index in [4.69, 9.17) is 5.11 Å². The van der Waals surface area contributed by atoms with Crippen LogP contribution in [0.1, 0.15) is 19.5 Å². The topological polar surface area (TPSA) is 63.1 Å². The van der Waals surface area contributed by atoms with Crippen molar-refractivity contribution in [3.8, 4) is 0 Å². The quantitative estimate of drug-likeness (QED) is 0.613. The molecule has 1 aromatic heterocycles. The first-order chi connectivity index (χ1) is 7.13. The molecular formula is C10H14N2O2S. The summed E-state index contributed by atoms with van der Waals surface area (Å²) in [4.78, 5) is 18.8. The summed E-state index contributed by atoms with van der Waals surface area (Å²) >= 11 is 1.45. The standard InChI is InChI=1S/C10H14N2O2S/c1-3-8-4-9(12-6-11-8)15-5-7(2)10(13)14/h4,6-7H,3,5H2,1-2H3,(H,13,14). The lowest BCUT2D eigenvalue weighted by Gasteiger charge is -2.05. The van der Waals surface area contributed by atoms with Gasteiger partial charge < -0.3 is 5.11 Å². The highest BCUT2D eigenvalue weighted by atomic mass is 32.2. The van der Waals surface area contributed by atoms with Crippen LogP contribution in [-0.4, -0.2) is 26.8 Å². The highest BCUT2D eigenvalue weighted by Gasteiger charge is 2.11. The van der Waals surface area contributed by atoms with Crippen LogP contribution in [0.25, 0.3) is 0 Å². The number of aliphatic carboxylic acids is 1. The van der Waals surface area contributed by atoms with Crippen molar-refractivity contribution in [2.24, 2.45) is 5.92 Å². The van der Waals surface area contributed by atoms with E-state index in [1.807, 2.05) is 13.0 Å². The van der Waals surface area contributed by atoms with E-state index in [0.29, 0.717) is 5.75 Å². The molecule has 0 aliphatic carbocycles. The Kier molecular flexibility index (Phi) is 4.55. The second-order valence-corrected chi connectivity index (χ2v) is 4.29. The molecule has 4 nitrogen and oxygen atoms in total. The van der Waals surface area contributed by atoms with E-state index in [1.54, 1.807) is 6.92 Å². The van der Waals surface area contributed by atoms with Crippen LogP contribution < -0.4 is 0 Å². The average molecular weight is 226 g/mol. The average Bonchev–Trinajstić information content (AvgIpc) is 2.26. The zero-order chi connectivity index (χ0) is 11.3. The lowest BCUT2D eigenvalue weighted by molar-refractivity contribution is -0.140. The third-order valence-corrected chi connectivity index (χ3v) is 3.15. The van der Waals surface area contributed by atoms with E-state index >= 15 is 0 Å². The summed E-state index contributed by atoms with van der Waals surface area (Å²) in [5.74, 6) is -0.586. The maximum absolute atomic E-state index is 10.6. The SMILES string of the molecule is CCc1cc(SCC(C)C(=O)O)ncn1. The molecule has 0 radical (unpaired) electrons. The van der Waals surface area contributed by atoms with Crippen LogP contribution in [0.4, 0.5) is 0 Å². The molecule has 0 spiro atoms. The van der Waals surface area contributed by atoms with Gasteiger partial charge in [-0.1, -0.05) is 13.8 Å². The number of carboxylic acids is 1. The predicted octanol–water partition coefficient (Wildman–Crippen LogP) is 1.85. The molecule has 5 heteroatoms. The van der Waals surface area contributed by atoms with Crippen molar-refractivity contribution in [1.29, 1.82) is 0 Å². The molecule has 1 unspecified atom stereocenters. The predicted molar refractivity (Wildman–Crippen MR) is 58.9 cm³/mol. The van der Waals surface area contributed by atoms with E-state index in [-0.39, 0.29) is 5.92 Å². The molecule has 0 bridgehead atoms. The molecule has 0 aromatic carbocycles. The number of carboxylic acid groups (broad SMARTS) is 1. The van der Waals surface area contributed by atoms with Crippen molar-refractivity contribution in [3.05, 3.63) is 18.1 Å². The maximum Gasteiger partial charge on any atom is 0.307 e. The molecular weight excluding hydrogens is 212 g/mol. The number of hydrogen-bond donors (Lipinski definition) is 1. The Morgan fingerprint density at radius 3 is 2.93 bits per heavy atom. The van der Waals surface area contributed by atoms with Gasteiger partial charge in [-0.05, 0) is 12.5 Å². The molecule has 0 saturated heterocycles. The molecule has 0 aliphatic heterocycles. The minimum absolute atomic E-state index is 0.352. The first-order valence-corrected chi connectivity index (χ1v) is 5.78. The van der Waals surface area contributed by atoms with Gasteiger partial charge in [-0.25, -0.2) is 9.97 Å². The van der Waals surface area contributed by atoms with E-state index < -0.39 is 5.97 Å². The molecule has 0 aliphatic rings. The van der Waals surface area contributed by atoms with E-state index in [2.05, 4.69) is 9.97 Å². The van der Waals surface area contributed by atoms with Gasteiger partial charge in [-0.3, -0.25) is 4.79 Å². The smallest absolute Gasteiger partial charge is 0.307 e. The highest BCUT2D eigenvalue weighted by molar-refractivity contribution is 7.99. The van der Waals surface area contributed by atoms with Gasteiger partial charge in [-0.15, -0.1) is 11.8 Å². The monoisotopic (exact) mass is 226 g/mol. The van der Waals surface area contributed by atoms with Gasteiger partial charge in [-0.2, -0.15) is 0 Å². The number of nitrogens with zero attached hydrogens (tertiary/aromatic N) is 2. The van der Waals surface area contributed by atoms with Gasteiger partial charge in [0.25, 0.3) is 0 Å². The summed E-state index contributed by atoms with van der Waals surface area (Å²) in [7, 11) is 0. The largest absolute Gasteiger partial charge is 0.481 e. The van der Waals surface area contributed by atoms with Crippen molar-refractivity contribution < 1.29 is 9.90 Å². The Morgan fingerprint density at radius 1 is 1.60 bits per heavy atom. The summed E-state index contributed by atoms with van der Waals surface area (Å²) < 4.78 is 0. The Morgan fingerprint density at radius 2 is 2.33 bits per heavy atom. The molecule has 1 rings (SSSR count). The number of thioether (sulfide) groups is 1. The summed E-state index contributed by atoms with van der Waals surface area (Å²) in [6.45, 7) is 3.72. The zero-order valence-electron chi connectivity index (χ0n) is 8.80. The van der Waals surface area contributed by atoms with Crippen LogP contribution in [0.3, 0.4) is 0 Å². The summed E-state index contributed by atoms with van der Waals surface area (Å²) in [5.41, 5.74) is 0.982. The number of aromatic nitrogens is 2. The zero-order valence-corrected chi connectivity index (χ0v) is 9.62. The van der Waals surface area contributed by atoms with Gasteiger partial charge in [0.15, 0.2) is 0 Å². The molecule has 0 amide bonds. The van der Waals surface area contributed by atoms with Crippen LogP contribution in [0.5, 0.6) is 0 Å². The Bertz CT molecular complexity index is 344. The summed E-state index contributed by atoms with van der Waals surface area (Å²) in [5, 5.41) is 9.56. The normalized spacial score (nSPS) is 12.4. The summed E-state index contributed by atoms with van der Waals surface area (Å²) in [6, 6.07) is 1.90. The number of hydrogen-bond acceptors (Lipinski definition) is 4. The first kappa shape index (κ1) is 12.0. The first-order valence-electron chi connectivity index (χ1n) is 4.80. The van der Waals surface area contributed by atoms with Gasteiger partial charge in [0, 0.05) is 11.4 Å². The van der Waals surface area contributed by atoms with Crippen molar-refractivity contribution in [2.75, 3.05) is 5.75 Å². The van der Waals surface area contributed by atoms with Crippen LogP contribution in [0, 0.1) is 5.92 Å². The molecule has 0 fully saturated rings. The molecule has 0 saturated carbocycles. The fourth-order valence-corrected chi connectivity index (χ4v) is 1.84. The third kappa shape index (κ3) is 3.87. The van der Waals surface area contributed by atoms with Gasteiger partial charge >= 0.3 is 5.97 Å². The van der Waals surface area contributed by atoms with Gasteiger partial charge in [0.1, 0.15) is 6.33 Å². The van der Waals surface area contributed by atoms with Crippen molar-refractivity contribution in [1.82, 2.24) is 9.97 Å². The fourth-order valence-electron chi connectivity index (χ4n) is 0.931. The highest BCUT2D eigenvalue weighted by Crippen LogP contribution is 2.18. The molecule has 1 heterocycles. The minimum atomic E-state index is -0.771.